The van der Waals surface area contributed by atoms with Gasteiger partial charge in [0.2, 0.25) is 0 Å². The number of hydrogen-bond donors (Lipinski definition) is 1. The zero-order valence-electron chi connectivity index (χ0n) is 11.1. The molecule has 0 aliphatic rings. The fraction of sp³-hybridized carbons (Fsp3) is 0.385. The average Bonchev–Trinajstić information content (AvgIpc) is 2.71. The van der Waals surface area contributed by atoms with Crippen molar-refractivity contribution in [3.05, 3.63) is 34.9 Å². The monoisotopic (exact) mass is 262 g/mol. The lowest BCUT2D eigenvalue weighted by molar-refractivity contribution is 0.744. The van der Waals surface area contributed by atoms with Crippen molar-refractivity contribution >= 4 is 17.9 Å². The normalized spacial score (nSPS) is 10.9. The fourth-order valence-corrected chi connectivity index (χ4v) is 2.09. The average molecular weight is 262 g/mol. The highest BCUT2D eigenvalue weighted by atomic mass is 32.1. The summed E-state index contributed by atoms with van der Waals surface area (Å²) < 4.78 is 2.62. The molecule has 2 rings (SSSR count). The number of aromatic amines is 1. The van der Waals surface area contributed by atoms with Crippen LogP contribution in [0.1, 0.15) is 25.6 Å². The van der Waals surface area contributed by atoms with Crippen molar-refractivity contribution in [1.82, 2.24) is 14.8 Å². The van der Waals surface area contributed by atoms with Gasteiger partial charge in [0.1, 0.15) is 5.82 Å². The summed E-state index contributed by atoms with van der Waals surface area (Å²) in [4.78, 5) is 2.07. The Labute approximate surface area is 112 Å². The van der Waals surface area contributed by atoms with Crippen molar-refractivity contribution in [3.8, 4) is 5.69 Å². The summed E-state index contributed by atoms with van der Waals surface area (Å²) in [5.41, 5.74) is 2.21. The number of benzene rings is 1. The second-order valence-corrected chi connectivity index (χ2v) is 5.17. The van der Waals surface area contributed by atoms with Gasteiger partial charge < -0.3 is 4.90 Å². The molecule has 1 heterocycles. The van der Waals surface area contributed by atoms with E-state index in [4.69, 9.17) is 12.2 Å². The van der Waals surface area contributed by atoms with Gasteiger partial charge in [0.05, 0.1) is 0 Å². The molecule has 0 fully saturated rings. The number of nitrogens with one attached hydrogen (secondary N) is 1. The van der Waals surface area contributed by atoms with Gasteiger partial charge in [0, 0.05) is 31.4 Å². The van der Waals surface area contributed by atoms with E-state index >= 15 is 0 Å². The van der Waals surface area contributed by atoms with Crippen LogP contribution in [-0.2, 0) is 0 Å². The number of H-pyrrole nitrogens is 1. The maximum absolute atomic E-state index is 5.29. The predicted octanol–water partition coefficient (Wildman–Crippen LogP) is 3.12. The van der Waals surface area contributed by atoms with Crippen molar-refractivity contribution in [1.29, 1.82) is 0 Å². The first-order valence-electron chi connectivity index (χ1n) is 5.95. The zero-order chi connectivity index (χ0) is 13.3. The molecule has 0 unspecified atom stereocenters. The molecule has 0 amide bonds. The molecule has 1 N–H and O–H groups in total. The molecule has 96 valence electrons. The minimum atomic E-state index is 0.325. The Bertz CT molecular complexity index is 578. The highest BCUT2D eigenvalue weighted by Gasteiger charge is 2.11. The Kier molecular flexibility index (Phi) is 3.52. The largest absolute Gasteiger partial charge is 0.378 e. The van der Waals surface area contributed by atoms with Crippen LogP contribution < -0.4 is 4.90 Å². The molecule has 0 bridgehead atoms. The van der Waals surface area contributed by atoms with Crippen LogP contribution in [0.3, 0.4) is 0 Å². The highest BCUT2D eigenvalue weighted by Crippen LogP contribution is 2.20. The van der Waals surface area contributed by atoms with Crippen LogP contribution in [0.5, 0.6) is 0 Å². The molecule has 0 saturated carbocycles. The van der Waals surface area contributed by atoms with E-state index in [1.165, 1.54) is 5.69 Å². The van der Waals surface area contributed by atoms with Crippen molar-refractivity contribution in [3.63, 3.8) is 0 Å². The molecule has 1 aromatic heterocycles. The van der Waals surface area contributed by atoms with Gasteiger partial charge in [-0.1, -0.05) is 13.8 Å². The van der Waals surface area contributed by atoms with E-state index in [1.807, 2.05) is 18.7 Å². The van der Waals surface area contributed by atoms with Gasteiger partial charge in [0.15, 0.2) is 4.77 Å². The van der Waals surface area contributed by atoms with Gasteiger partial charge in [-0.05, 0) is 36.5 Å². The van der Waals surface area contributed by atoms with Crippen LogP contribution in [0, 0.1) is 4.77 Å². The molecule has 0 spiro atoms. The summed E-state index contributed by atoms with van der Waals surface area (Å²) in [5.74, 6) is 1.28. The number of nitrogens with zero attached hydrogens (tertiary/aromatic N) is 3. The molecule has 4 nitrogen and oxygen atoms in total. The zero-order valence-corrected chi connectivity index (χ0v) is 12.0. The standard InChI is InChI=1S/C13H18N4S/c1-9(2)12-14-15-13(18)17(12)11-7-5-10(6-8-11)16(3)4/h5-9H,1-4H3,(H,15,18). The molecule has 18 heavy (non-hydrogen) atoms. The van der Waals surface area contributed by atoms with Gasteiger partial charge in [-0.2, -0.15) is 5.10 Å². The molecule has 5 heteroatoms. The van der Waals surface area contributed by atoms with Crippen LogP contribution >= 0.6 is 12.2 Å². The van der Waals surface area contributed by atoms with E-state index in [1.54, 1.807) is 0 Å². The topological polar surface area (TPSA) is 36.9 Å². The molecule has 1 aromatic carbocycles. The predicted molar refractivity (Wildman–Crippen MR) is 77.2 cm³/mol. The van der Waals surface area contributed by atoms with Gasteiger partial charge >= 0.3 is 0 Å². The third-order valence-electron chi connectivity index (χ3n) is 2.84. The summed E-state index contributed by atoms with van der Waals surface area (Å²) in [5, 5.41) is 7.14. The number of rotatable bonds is 3. The third-order valence-corrected chi connectivity index (χ3v) is 3.11. The summed E-state index contributed by atoms with van der Waals surface area (Å²) in [6.07, 6.45) is 0. The summed E-state index contributed by atoms with van der Waals surface area (Å²) >= 11 is 5.29. The van der Waals surface area contributed by atoms with E-state index in [9.17, 15) is 0 Å². The summed E-state index contributed by atoms with van der Waals surface area (Å²) in [6.45, 7) is 4.21. The minimum absolute atomic E-state index is 0.325. The lowest BCUT2D eigenvalue weighted by Gasteiger charge is -2.14. The third kappa shape index (κ3) is 2.31. The molecule has 0 saturated heterocycles. The maximum atomic E-state index is 5.29. The molecule has 0 radical (unpaired) electrons. The Hall–Kier alpha value is -1.62. The summed E-state index contributed by atoms with van der Waals surface area (Å²) in [6, 6.07) is 8.28. The second-order valence-electron chi connectivity index (χ2n) is 4.79. The smallest absolute Gasteiger partial charge is 0.199 e. The Morgan fingerprint density at radius 2 is 1.83 bits per heavy atom. The van der Waals surface area contributed by atoms with Crippen LogP contribution in [0.25, 0.3) is 5.69 Å². The van der Waals surface area contributed by atoms with Crippen molar-refractivity contribution < 1.29 is 0 Å². The van der Waals surface area contributed by atoms with E-state index in [0.717, 1.165) is 11.5 Å². The van der Waals surface area contributed by atoms with Gasteiger partial charge in [-0.3, -0.25) is 9.67 Å². The second kappa shape index (κ2) is 4.94. The quantitative estimate of drug-likeness (QED) is 0.863. The van der Waals surface area contributed by atoms with Crippen molar-refractivity contribution in [2.45, 2.75) is 19.8 Å². The Balaban J connectivity index is 2.49. The fourth-order valence-electron chi connectivity index (χ4n) is 1.85. The molecule has 0 aliphatic heterocycles. The number of anilines is 1. The van der Waals surface area contributed by atoms with Crippen LogP contribution in [0.4, 0.5) is 5.69 Å². The Morgan fingerprint density at radius 3 is 2.33 bits per heavy atom. The van der Waals surface area contributed by atoms with Gasteiger partial charge in [-0.25, -0.2) is 0 Å². The van der Waals surface area contributed by atoms with E-state index in [0.29, 0.717) is 10.7 Å². The van der Waals surface area contributed by atoms with Crippen molar-refractivity contribution in [2.24, 2.45) is 0 Å². The first kappa shape index (κ1) is 12.8. The first-order chi connectivity index (χ1) is 8.50. The highest BCUT2D eigenvalue weighted by molar-refractivity contribution is 7.71. The van der Waals surface area contributed by atoms with Gasteiger partial charge in [-0.15, -0.1) is 0 Å². The molecular weight excluding hydrogens is 244 g/mol. The van der Waals surface area contributed by atoms with Crippen LogP contribution in [-0.4, -0.2) is 28.9 Å². The SMILES string of the molecule is CC(C)c1n[nH]c(=S)n1-c1ccc(N(C)C)cc1. The lowest BCUT2D eigenvalue weighted by atomic mass is 10.2. The van der Waals surface area contributed by atoms with E-state index in [-0.39, 0.29) is 0 Å². The van der Waals surface area contributed by atoms with Crippen molar-refractivity contribution in [2.75, 3.05) is 19.0 Å². The molecular formula is C13H18N4S. The molecule has 0 atom stereocenters. The van der Waals surface area contributed by atoms with Crippen LogP contribution in [0.2, 0.25) is 0 Å². The molecule has 0 aliphatic carbocycles. The lowest BCUT2D eigenvalue weighted by Crippen LogP contribution is -2.09. The van der Waals surface area contributed by atoms with E-state index < -0.39 is 0 Å². The minimum Gasteiger partial charge on any atom is -0.378 e. The first-order valence-corrected chi connectivity index (χ1v) is 6.36. The Morgan fingerprint density at radius 1 is 1.22 bits per heavy atom. The maximum Gasteiger partial charge on any atom is 0.199 e. The number of aromatic nitrogens is 3. The summed E-state index contributed by atoms with van der Waals surface area (Å²) in [7, 11) is 4.05. The van der Waals surface area contributed by atoms with Crippen LogP contribution in [0.15, 0.2) is 24.3 Å². The van der Waals surface area contributed by atoms with E-state index in [2.05, 4.69) is 53.2 Å². The number of hydrogen-bond acceptors (Lipinski definition) is 3. The molecule has 2 aromatic rings. The van der Waals surface area contributed by atoms with Gasteiger partial charge in [0.25, 0.3) is 0 Å².